The van der Waals surface area contributed by atoms with Crippen molar-refractivity contribution < 1.29 is 9.53 Å². The highest BCUT2D eigenvalue weighted by molar-refractivity contribution is 6.30. The zero-order valence-corrected chi connectivity index (χ0v) is 19.9. The molecule has 1 N–H and O–H groups in total. The lowest BCUT2D eigenvalue weighted by atomic mass is 10.2. The van der Waals surface area contributed by atoms with Crippen molar-refractivity contribution in [1.82, 2.24) is 24.5 Å². The van der Waals surface area contributed by atoms with Crippen molar-refractivity contribution in [3.63, 3.8) is 0 Å². The van der Waals surface area contributed by atoms with Crippen LogP contribution in [0.1, 0.15) is 27.3 Å². The predicted octanol–water partition coefficient (Wildman–Crippen LogP) is 3.99. The first-order chi connectivity index (χ1) is 16.9. The number of carbonyl (C=O) groups is 1. The van der Waals surface area contributed by atoms with Crippen LogP contribution in [0.25, 0.3) is 16.7 Å². The minimum absolute atomic E-state index is 0.0765. The van der Waals surface area contributed by atoms with Gasteiger partial charge in [0.1, 0.15) is 5.75 Å². The van der Waals surface area contributed by atoms with E-state index in [0.29, 0.717) is 28.4 Å². The first-order valence-corrected chi connectivity index (χ1v) is 11.4. The van der Waals surface area contributed by atoms with E-state index in [4.69, 9.17) is 16.3 Å². The summed E-state index contributed by atoms with van der Waals surface area (Å²) in [4.78, 5) is 30.6. The SMILES string of the molecule is COc1cccc(CNC(=O)c2nc3c(=O)n(Cc4cccc(Cl)c4)c4cc(C)ccc4n3n2)c1. The van der Waals surface area contributed by atoms with Crippen molar-refractivity contribution in [2.75, 3.05) is 7.11 Å². The number of nitrogens with one attached hydrogen (secondary N) is 1. The average Bonchev–Trinajstić information content (AvgIpc) is 3.31. The first-order valence-electron chi connectivity index (χ1n) is 11.0. The Bertz CT molecular complexity index is 1640. The van der Waals surface area contributed by atoms with Gasteiger partial charge in [0.2, 0.25) is 11.5 Å². The van der Waals surface area contributed by atoms with Crippen LogP contribution in [0.5, 0.6) is 5.75 Å². The topological polar surface area (TPSA) is 90.5 Å². The molecule has 0 aliphatic carbocycles. The summed E-state index contributed by atoms with van der Waals surface area (Å²) in [5.74, 6) is 0.148. The molecule has 0 saturated carbocycles. The minimum Gasteiger partial charge on any atom is -0.497 e. The highest BCUT2D eigenvalue weighted by atomic mass is 35.5. The second-order valence-electron chi connectivity index (χ2n) is 8.22. The maximum Gasteiger partial charge on any atom is 0.296 e. The van der Waals surface area contributed by atoms with E-state index in [0.717, 1.165) is 16.7 Å². The van der Waals surface area contributed by atoms with Gasteiger partial charge in [0.15, 0.2) is 0 Å². The zero-order chi connectivity index (χ0) is 24.5. The molecule has 3 aromatic carbocycles. The lowest BCUT2D eigenvalue weighted by molar-refractivity contribution is 0.0940. The molecule has 0 aliphatic rings. The first kappa shape index (κ1) is 22.6. The number of carbonyl (C=O) groups excluding carboxylic acids is 1. The third-order valence-corrected chi connectivity index (χ3v) is 5.95. The number of methoxy groups -OCH3 is 1. The Kier molecular flexibility index (Phi) is 5.96. The second kappa shape index (κ2) is 9.23. The molecule has 35 heavy (non-hydrogen) atoms. The largest absolute Gasteiger partial charge is 0.497 e. The van der Waals surface area contributed by atoms with Crippen LogP contribution in [-0.2, 0) is 13.1 Å². The van der Waals surface area contributed by atoms with Gasteiger partial charge >= 0.3 is 0 Å². The summed E-state index contributed by atoms with van der Waals surface area (Å²) in [6, 6.07) is 20.5. The number of hydrogen-bond acceptors (Lipinski definition) is 5. The molecule has 0 radical (unpaired) electrons. The van der Waals surface area contributed by atoms with Gasteiger partial charge in [0.25, 0.3) is 11.5 Å². The van der Waals surface area contributed by atoms with Crippen LogP contribution >= 0.6 is 11.6 Å². The Balaban J connectivity index is 1.54. The number of nitrogens with zero attached hydrogens (tertiary/aromatic N) is 4. The summed E-state index contributed by atoms with van der Waals surface area (Å²) in [7, 11) is 1.59. The molecular weight excluding hydrogens is 466 g/mol. The van der Waals surface area contributed by atoms with Crippen LogP contribution < -0.4 is 15.6 Å². The zero-order valence-electron chi connectivity index (χ0n) is 19.2. The average molecular weight is 488 g/mol. The van der Waals surface area contributed by atoms with Gasteiger partial charge in [-0.15, -0.1) is 5.10 Å². The Hall–Kier alpha value is -4.17. The Labute approximate surface area is 205 Å². The standard InChI is InChI=1S/C26H22ClN5O3/c1-16-9-10-21-22(11-16)31(15-18-6-3-7-19(27)12-18)26(34)24-29-23(30-32(21)24)25(33)28-14-17-5-4-8-20(13-17)35-2/h3-13H,14-15H2,1-2H3,(H,28,33). The van der Waals surface area contributed by atoms with Crippen LogP contribution in [-0.4, -0.2) is 32.2 Å². The summed E-state index contributed by atoms with van der Waals surface area (Å²) in [5, 5.41) is 7.77. The number of halogens is 1. The van der Waals surface area contributed by atoms with E-state index in [1.807, 2.05) is 67.6 Å². The number of amides is 1. The van der Waals surface area contributed by atoms with Gasteiger partial charge in [0, 0.05) is 11.6 Å². The molecule has 176 valence electrons. The van der Waals surface area contributed by atoms with Crippen LogP contribution in [0, 0.1) is 6.92 Å². The van der Waals surface area contributed by atoms with Gasteiger partial charge in [-0.25, -0.2) is 4.52 Å². The Morgan fingerprint density at radius 3 is 2.63 bits per heavy atom. The summed E-state index contributed by atoms with van der Waals surface area (Å²) in [5.41, 5.74) is 3.83. The number of hydrogen-bond donors (Lipinski definition) is 1. The van der Waals surface area contributed by atoms with Gasteiger partial charge in [-0.1, -0.05) is 41.9 Å². The Morgan fingerprint density at radius 2 is 1.83 bits per heavy atom. The number of ether oxygens (including phenoxy) is 1. The highest BCUT2D eigenvalue weighted by Crippen LogP contribution is 2.19. The van der Waals surface area contributed by atoms with Crippen LogP contribution in [0.15, 0.2) is 71.5 Å². The molecule has 0 saturated heterocycles. The van der Waals surface area contributed by atoms with Gasteiger partial charge < -0.3 is 10.1 Å². The summed E-state index contributed by atoms with van der Waals surface area (Å²) in [6.45, 7) is 2.53. The lowest BCUT2D eigenvalue weighted by Gasteiger charge is -2.12. The van der Waals surface area contributed by atoms with Gasteiger partial charge in [-0.05, 0) is 60.0 Å². The van der Waals surface area contributed by atoms with E-state index in [1.54, 1.807) is 17.7 Å². The molecule has 5 aromatic rings. The molecule has 0 atom stereocenters. The molecule has 8 nitrogen and oxygen atoms in total. The van der Waals surface area contributed by atoms with Crippen LogP contribution in [0.2, 0.25) is 5.02 Å². The maximum atomic E-state index is 13.5. The fourth-order valence-electron chi connectivity index (χ4n) is 3.99. The predicted molar refractivity (Wildman–Crippen MR) is 134 cm³/mol. The molecule has 0 unspecified atom stereocenters. The molecule has 0 fully saturated rings. The van der Waals surface area contributed by atoms with Crippen molar-refractivity contribution in [3.8, 4) is 5.75 Å². The number of fused-ring (bicyclic) bond motifs is 3. The van der Waals surface area contributed by atoms with Crippen molar-refractivity contribution in [3.05, 3.63) is 105 Å². The molecule has 0 bridgehead atoms. The minimum atomic E-state index is -0.474. The fourth-order valence-corrected chi connectivity index (χ4v) is 4.21. The maximum absolute atomic E-state index is 13.5. The fraction of sp³-hybridized carbons (Fsp3) is 0.154. The molecule has 0 spiro atoms. The quantitative estimate of drug-likeness (QED) is 0.391. The van der Waals surface area contributed by atoms with E-state index in [2.05, 4.69) is 15.4 Å². The molecular formula is C26H22ClN5O3. The van der Waals surface area contributed by atoms with Gasteiger partial charge in [0.05, 0.1) is 24.7 Å². The van der Waals surface area contributed by atoms with Crippen molar-refractivity contribution in [2.24, 2.45) is 0 Å². The molecule has 0 aliphatic heterocycles. The highest BCUT2D eigenvalue weighted by Gasteiger charge is 2.19. The summed E-state index contributed by atoms with van der Waals surface area (Å²) >= 11 is 6.15. The second-order valence-corrected chi connectivity index (χ2v) is 8.65. The van der Waals surface area contributed by atoms with Crippen molar-refractivity contribution in [1.29, 1.82) is 0 Å². The summed E-state index contributed by atoms with van der Waals surface area (Å²) in [6.07, 6.45) is 0. The summed E-state index contributed by atoms with van der Waals surface area (Å²) < 4.78 is 8.30. The van der Waals surface area contributed by atoms with Crippen LogP contribution in [0.3, 0.4) is 0 Å². The molecule has 5 rings (SSSR count). The third-order valence-electron chi connectivity index (χ3n) is 5.71. The normalized spacial score (nSPS) is 11.2. The number of benzene rings is 3. The number of aromatic nitrogens is 4. The van der Waals surface area contributed by atoms with Gasteiger partial charge in [-0.3, -0.25) is 14.2 Å². The van der Waals surface area contributed by atoms with Gasteiger partial charge in [-0.2, -0.15) is 4.98 Å². The molecule has 2 heterocycles. The van der Waals surface area contributed by atoms with E-state index in [-0.39, 0.29) is 23.6 Å². The molecule has 1 amide bonds. The third kappa shape index (κ3) is 4.48. The van der Waals surface area contributed by atoms with Crippen LogP contribution in [0.4, 0.5) is 0 Å². The monoisotopic (exact) mass is 487 g/mol. The lowest BCUT2D eigenvalue weighted by Crippen LogP contribution is -2.24. The van der Waals surface area contributed by atoms with E-state index < -0.39 is 5.91 Å². The smallest absolute Gasteiger partial charge is 0.296 e. The van der Waals surface area contributed by atoms with E-state index >= 15 is 0 Å². The Morgan fingerprint density at radius 1 is 1.03 bits per heavy atom. The van der Waals surface area contributed by atoms with E-state index in [1.165, 1.54) is 4.52 Å². The van der Waals surface area contributed by atoms with Crippen molar-refractivity contribution >= 4 is 34.2 Å². The van der Waals surface area contributed by atoms with E-state index in [9.17, 15) is 9.59 Å². The molecule has 9 heteroatoms. The number of rotatable bonds is 6. The van der Waals surface area contributed by atoms with Crippen molar-refractivity contribution in [2.45, 2.75) is 20.0 Å². The number of aryl methyl sites for hydroxylation is 1. The molecule has 2 aromatic heterocycles.